The van der Waals surface area contributed by atoms with E-state index in [1.165, 1.54) is 0 Å². The summed E-state index contributed by atoms with van der Waals surface area (Å²) in [4.78, 5) is 25.6. The number of nitrogens with one attached hydrogen (secondary N) is 3. The van der Waals surface area contributed by atoms with E-state index in [9.17, 15) is 9.59 Å². The van der Waals surface area contributed by atoms with Crippen LogP contribution in [-0.4, -0.2) is 47.2 Å². The molecular weight excluding hydrogens is 318 g/mol. The highest BCUT2D eigenvalue weighted by molar-refractivity contribution is 6.07. The molecular formula is C18H27N5O2. The standard InChI is InChI=1S/C18H27N5O2/c1-11(2)23(12(3)4)10-16(24)20-15-8-6-14(7-9-15)17-13(5)19-18(25)22-21-17/h6-9,11-13H,10H2,1-5H3,(H,20,24)(H2,19,22,25). The Hall–Kier alpha value is -2.41. The monoisotopic (exact) mass is 345 g/mol. The quantitative estimate of drug-likeness (QED) is 0.738. The zero-order valence-electron chi connectivity index (χ0n) is 15.5. The van der Waals surface area contributed by atoms with Gasteiger partial charge in [-0.15, -0.1) is 0 Å². The van der Waals surface area contributed by atoms with Gasteiger partial charge in [-0.1, -0.05) is 12.1 Å². The lowest BCUT2D eigenvalue weighted by atomic mass is 10.0. The molecule has 7 nitrogen and oxygen atoms in total. The predicted octanol–water partition coefficient (Wildman–Crippen LogP) is 2.15. The molecule has 1 atom stereocenters. The minimum absolute atomic E-state index is 0.0348. The van der Waals surface area contributed by atoms with Crippen LogP contribution < -0.4 is 16.1 Å². The van der Waals surface area contributed by atoms with E-state index in [2.05, 4.69) is 53.8 Å². The number of hydrogen-bond donors (Lipinski definition) is 3. The molecule has 3 amide bonds. The van der Waals surface area contributed by atoms with Gasteiger partial charge in [0, 0.05) is 23.3 Å². The summed E-state index contributed by atoms with van der Waals surface area (Å²) in [6.07, 6.45) is 0. The summed E-state index contributed by atoms with van der Waals surface area (Å²) < 4.78 is 0. The molecule has 0 radical (unpaired) electrons. The van der Waals surface area contributed by atoms with Crippen molar-refractivity contribution in [2.75, 3.05) is 11.9 Å². The number of urea groups is 1. The van der Waals surface area contributed by atoms with Crippen LogP contribution >= 0.6 is 0 Å². The molecule has 7 heteroatoms. The molecule has 1 aliphatic rings. The largest absolute Gasteiger partial charge is 0.335 e. The van der Waals surface area contributed by atoms with Gasteiger partial charge < -0.3 is 10.6 Å². The number of nitrogens with zero attached hydrogens (tertiary/aromatic N) is 2. The number of carbonyl (C=O) groups excluding carboxylic acids is 2. The van der Waals surface area contributed by atoms with E-state index in [1.807, 2.05) is 31.2 Å². The Bertz CT molecular complexity index is 644. The van der Waals surface area contributed by atoms with Gasteiger partial charge in [0.1, 0.15) is 0 Å². The van der Waals surface area contributed by atoms with Gasteiger partial charge in [0.15, 0.2) is 0 Å². The van der Waals surface area contributed by atoms with Crippen LogP contribution in [0.1, 0.15) is 40.2 Å². The van der Waals surface area contributed by atoms with Crippen LogP contribution in [0.15, 0.2) is 29.4 Å². The lowest BCUT2D eigenvalue weighted by Crippen LogP contribution is -2.48. The predicted molar refractivity (Wildman–Crippen MR) is 99.7 cm³/mol. The summed E-state index contributed by atoms with van der Waals surface area (Å²) in [7, 11) is 0. The van der Waals surface area contributed by atoms with Crippen molar-refractivity contribution in [3.05, 3.63) is 29.8 Å². The third-order valence-corrected chi connectivity index (χ3v) is 4.15. The molecule has 1 heterocycles. The van der Waals surface area contributed by atoms with Gasteiger partial charge >= 0.3 is 6.03 Å². The number of hydrogen-bond acceptors (Lipinski definition) is 4. The Labute approximate surface area is 148 Å². The van der Waals surface area contributed by atoms with Crippen molar-refractivity contribution < 1.29 is 9.59 Å². The van der Waals surface area contributed by atoms with Crippen LogP contribution in [0.25, 0.3) is 0 Å². The van der Waals surface area contributed by atoms with E-state index in [0.717, 1.165) is 17.0 Å². The lowest BCUT2D eigenvalue weighted by Gasteiger charge is -2.29. The summed E-state index contributed by atoms with van der Waals surface area (Å²) in [6, 6.07) is 7.59. The molecule has 0 saturated carbocycles. The molecule has 0 saturated heterocycles. The van der Waals surface area contributed by atoms with Gasteiger partial charge in [-0.05, 0) is 46.8 Å². The second-order valence-electron chi connectivity index (χ2n) is 6.79. The Morgan fingerprint density at radius 3 is 2.32 bits per heavy atom. The third-order valence-electron chi connectivity index (χ3n) is 4.15. The average Bonchev–Trinajstić information content (AvgIpc) is 2.53. The molecule has 136 valence electrons. The number of anilines is 1. The van der Waals surface area contributed by atoms with Crippen molar-refractivity contribution in [2.45, 2.75) is 52.7 Å². The first kappa shape index (κ1) is 18.9. The summed E-state index contributed by atoms with van der Waals surface area (Å²) >= 11 is 0. The molecule has 2 rings (SSSR count). The van der Waals surface area contributed by atoms with Crippen LogP contribution in [0.5, 0.6) is 0 Å². The Kier molecular flexibility index (Phi) is 6.14. The Morgan fingerprint density at radius 2 is 1.80 bits per heavy atom. The third kappa shape index (κ3) is 5.03. The SMILES string of the molecule is CC1NC(=O)NN=C1c1ccc(NC(=O)CN(C(C)C)C(C)C)cc1. The highest BCUT2D eigenvalue weighted by atomic mass is 16.2. The van der Waals surface area contributed by atoms with Gasteiger partial charge in [0.2, 0.25) is 5.91 Å². The number of carbonyl (C=O) groups is 2. The second-order valence-corrected chi connectivity index (χ2v) is 6.79. The molecule has 0 aliphatic carbocycles. The molecule has 1 unspecified atom stereocenters. The topological polar surface area (TPSA) is 85.8 Å². The normalized spacial score (nSPS) is 17.4. The van der Waals surface area contributed by atoms with E-state index in [0.29, 0.717) is 18.6 Å². The van der Waals surface area contributed by atoms with Crippen molar-refractivity contribution in [1.29, 1.82) is 0 Å². The van der Waals surface area contributed by atoms with Crippen molar-refractivity contribution in [3.63, 3.8) is 0 Å². The van der Waals surface area contributed by atoms with Crippen molar-refractivity contribution in [1.82, 2.24) is 15.6 Å². The molecule has 1 aliphatic heterocycles. The Morgan fingerprint density at radius 1 is 1.20 bits per heavy atom. The van der Waals surface area contributed by atoms with E-state index < -0.39 is 0 Å². The summed E-state index contributed by atoms with van der Waals surface area (Å²) in [5.74, 6) is -0.0348. The maximum Gasteiger partial charge on any atom is 0.335 e. The maximum absolute atomic E-state index is 12.3. The van der Waals surface area contributed by atoms with Crippen LogP contribution in [0.4, 0.5) is 10.5 Å². The van der Waals surface area contributed by atoms with Gasteiger partial charge in [0.05, 0.1) is 18.3 Å². The van der Waals surface area contributed by atoms with Gasteiger partial charge in [-0.25, -0.2) is 10.2 Å². The molecule has 0 aromatic heterocycles. The Balaban J connectivity index is 2.01. The van der Waals surface area contributed by atoms with E-state index in [-0.39, 0.29) is 18.0 Å². The number of benzene rings is 1. The maximum atomic E-state index is 12.3. The first-order valence-corrected chi connectivity index (χ1v) is 8.58. The lowest BCUT2D eigenvalue weighted by molar-refractivity contribution is -0.118. The molecule has 0 spiro atoms. The van der Waals surface area contributed by atoms with E-state index in [1.54, 1.807) is 0 Å². The molecule has 25 heavy (non-hydrogen) atoms. The van der Waals surface area contributed by atoms with Crippen LogP contribution in [0, 0.1) is 0 Å². The fourth-order valence-electron chi connectivity index (χ4n) is 2.87. The van der Waals surface area contributed by atoms with Crippen molar-refractivity contribution >= 4 is 23.3 Å². The smallest absolute Gasteiger partial charge is 0.328 e. The van der Waals surface area contributed by atoms with Crippen LogP contribution in [0.2, 0.25) is 0 Å². The molecule has 1 aromatic rings. The van der Waals surface area contributed by atoms with Gasteiger partial charge in [-0.2, -0.15) is 5.10 Å². The number of hydrazone groups is 1. The van der Waals surface area contributed by atoms with Crippen molar-refractivity contribution in [3.8, 4) is 0 Å². The molecule has 0 fully saturated rings. The zero-order chi connectivity index (χ0) is 18.6. The summed E-state index contributed by atoms with van der Waals surface area (Å²) in [6.45, 7) is 10.6. The molecule has 3 N–H and O–H groups in total. The van der Waals surface area contributed by atoms with E-state index in [4.69, 9.17) is 0 Å². The second kappa shape index (κ2) is 8.11. The number of amides is 3. The number of rotatable bonds is 6. The van der Waals surface area contributed by atoms with Crippen LogP contribution in [-0.2, 0) is 4.79 Å². The minimum atomic E-state index is -0.306. The fourth-order valence-corrected chi connectivity index (χ4v) is 2.87. The van der Waals surface area contributed by atoms with Gasteiger partial charge in [-0.3, -0.25) is 9.69 Å². The van der Waals surface area contributed by atoms with Crippen molar-refractivity contribution in [2.24, 2.45) is 5.10 Å². The first-order chi connectivity index (χ1) is 11.8. The highest BCUT2D eigenvalue weighted by Gasteiger charge is 2.20. The molecule has 1 aromatic carbocycles. The van der Waals surface area contributed by atoms with E-state index >= 15 is 0 Å². The van der Waals surface area contributed by atoms with Crippen LogP contribution in [0.3, 0.4) is 0 Å². The summed E-state index contributed by atoms with van der Waals surface area (Å²) in [5.41, 5.74) is 4.80. The summed E-state index contributed by atoms with van der Waals surface area (Å²) in [5, 5.41) is 9.78. The molecule has 0 bridgehead atoms. The average molecular weight is 345 g/mol. The zero-order valence-corrected chi connectivity index (χ0v) is 15.5. The fraction of sp³-hybridized carbons (Fsp3) is 0.500. The highest BCUT2D eigenvalue weighted by Crippen LogP contribution is 2.14. The first-order valence-electron chi connectivity index (χ1n) is 8.58. The van der Waals surface area contributed by atoms with Gasteiger partial charge in [0.25, 0.3) is 0 Å². The minimum Gasteiger partial charge on any atom is -0.328 e.